The van der Waals surface area contributed by atoms with E-state index in [4.69, 9.17) is 22.1 Å². The van der Waals surface area contributed by atoms with Crippen LogP contribution in [0.3, 0.4) is 0 Å². The molecule has 0 bridgehead atoms. The summed E-state index contributed by atoms with van der Waals surface area (Å²) in [6.45, 7) is 4.50. The highest BCUT2D eigenvalue weighted by Crippen LogP contribution is 2.38. The molecule has 6 nitrogen and oxygen atoms in total. The van der Waals surface area contributed by atoms with Gasteiger partial charge in [-0.05, 0) is 38.0 Å². The average Bonchev–Trinajstić information content (AvgIpc) is 3.03. The Labute approximate surface area is 139 Å². The molecule has 0 unspecified atom stereocenters. The van der Waals surface area contributed by atoms with E-state index >= 15 is 0 Å². The summed E-state index contributed by atoms with van der Waals surface area (Å²) in [6, 6.07) is 5.40. The van der Waals surface area contributed by atoms with Crippen LogP contribution in [0.15, 0.2) is 17.1 Å². The van der Waals surface area contributed by atoms with Gasteiger partial charge in [0.05, 0.1) is 28.8 Å². The number of halogens is 1. The van der Waals surface area contributed by atoms with Gasteiger partial charge in [-0.1, -0.05) is 11.6 Å². The molecule has 0 saturated carbocycles. The molecular weight excluding hydrogens is 314 g/mol. The van der Waals surface area contributed by atoms with E-state index in [2.05, 4.69) is 11.1 Å². The first-order valence-corrected chi connectivity index (χ1v) is 7.79. The molecule has 0 amide bonds. The van der Waals surface area contributed by atoms with Gasteiger partial charge in [-0.2, -0.15) is 10.5 Å². The molecule has 3 atom stereocenters. The predicted octanol–water partition coefficient (Wildman–Crippen LogP) is 2.00. The van der Waals surface area contributed by atoms with Crippen molar-refractivity contribution in [2.24, 2.45) is 4.99 Å². The summed E-state index contributed by atoms with van der Waals surface area (Å²) in [4.78, 5) is 7.88. The second-order valence-electron chi connectivity index (χ2n) is 5.85. The first kappa shape index (κ1) is 15.6. The highest BCUT2D eigenvalue weighted by molar-refractivity contribution is 6.33. The SMILES string of the molecule is Cc1c(N2C(=NC#N)N3CC[C@H](O)[C@H]3[C@@H]2C)ccc(C#N)c1Cl. The number of nitriles is 2. The number of fused-ring (bicyclic) bond motifs is 1. The summed E-state index contributed by atoms with van der Waals surface area (Å²) in [5.41, 5.74) is 1.98. The predicted molar refractivity (Wildman–Crippen MR) is 87.0 cm³/mol. The summed E-state index contributed by atoms with van der Waals surface area (Å²) in [6.07, 6.45) is 2.07. The minimum absolute atomic E-state index is 0.0534. The number of nitrogens with zero attached hydrogens (tertiary/aromatic N) is 5. The Hall–Kier alpha value is -2.28. The fraction of sp³-hybridized carbons (Fsp3) is 0.438. The number of hydrogen-bond acceptors (Lipinski definition) is 4. The van der Waals surface area contributed by atoms with Gasteiger partial charge in [0.15, 0.2) is 0 Å². The number of guanidine groups is 1. The van der Waals surface area contributed by atoms with Crippen LogP contribution in [0.25, 0.3) is 0 Å². The lowest BCUT2D eigenvalue weighted by molar-refractivity contribution is 0.138. The Morgan fingerprint density at radius 2 is 2.13 bits per heavy atom. The monoisotopic (exact) mass is 329 g/mol. The van der Waals surface area contributed by atoms with E-state index in [0.29, 0.717) is 29.5 Å². The van der Waals surface area contributed by atoms with Crippen molar-refractivity contribution in [2.75, 3.05) is 11.4 Å². The molecule has 23 heavy (non-hydrogen) atoms. The lowest BCUT2D eigenvalue weighted by Gasteiger charge is -2.27. The Morgan fingerprint density at radius 3 is 2.78 bits per heavy atom. The summed E-state index contributed by atoms with van der Waals surface area (Å²) in [5, 5.41) is 28.8. The second-order valence-corrected chi connectivity index (χ2v) is 6.22. The van der Waals surface area contributed by atoms with Crippen molar-refractivity contribution in [2.45, 2.75) is 38.5 Å². The van der Waals surface area contributed by atoms with E-state index in [1.807, 2.05) is 35.9 Å². The summed E-state index contributed by atoms with van der Waals surface area (Å²) < 4.78 is 0. The van der Waals surface area contributed by atoms with E-state index in [1.54, 1.807) is 6.07 Å². The fourth-order valence-electron chi connectivity index (χ4n) is 3.60. The van der Waals surface area contributed by atoms with Gasteiger partial charge in [-0.25, -0.2) is 0 Å². The number of aliphatic imine (C=N–C) groups is 1. The highest BCUT2D eigenvalue weighted by Gasteiger charge is 2.49. The lowest BCUT2D eigenvalue weighted by Crippen LogP contribution is -2.39. The standard InChI is InChI=1S/C16H16ClN5O/c1-9-12(4-3-11(7-18)14(9)17)22-10(2)15-13(23)5-6-21(15)16(22)20-8-19/h3-4,10,13,15,23H,5-6H2,1-2H3/t10-,13-,15+/m0/s1. The molecule has 1 N–H and O–H groups in total. The maximum absolute atomic E-state index is 10.3. The lowest BCUT2D eigenvalue weighted by atomic mass is 10.0. The van der Waals surface area contributed by atoms with Gasteiger partial charge >= 0.3 is 0 Å². The van der Waals surface area contributed by atoms with Gasteiger partial charge < -0.3 is 14.9 Å². The third-order valence-corrected chi connectivity index (χ3v) is 5.17. The van der Waals surface area contributed by atoms with Gasteiger partial charge in [-0.15, -0.1) is 4.99 Å². The smallest absolute Gasteiger partial charge is 0.217 e. The van der Waals surface area contributed by atoms with Gasteiger partial charge in [0.1, 0.15) is 6.07 Å². The molecule has 2 aliphatic rings. The van der Waals surface area contributed by atoms with Crippen molar-refractivity contribution < 1.29 is 5.11 Å². The van der Waals surface area contributed by atoms with Crippen LogP contribution >= 0.6 is 11.6 Å². The van der Waals surface area contributed by atoms with Crippen LogP contribution in [0, 0.1) is 29.7 Å². The highest BCUT2D eigenvalue weighted by atomic mass is 35.5. The van der Waals surface area contributed by atoms with Gasteiger partial charge in [-0.3, -0.25) is 0 Å². The number of aliphatic hydroxyl groups is 1. The molecule has 0 aromatic heterocycles. The summed E-state index contributed by atoms with van der Waals surface area (Å²) in [5.74, 6) is 0.533. The van der Waals surface area contributed by atoms with Gasteiger partial charge in [0.25, 0.3) is 0 Å². The number of rotatable bonds is 1. The van der Waals surface area contributed by atoms with Crippen molar-refractivity contribution in [3.8, 4) is 12.3 Å². The number of benzene rings is 1. The van der Waals surface area contributed by atoms with Crippen LogP contribution < -0.4 is 4.90 Å². The molecule has 7 heteroatoms. The van der Waals surface area contributed by atoms with Gasteiger partial charge in [0, 0.05) is 12.2 Å². The molecule has 3 rings (SSSR count). The minimum atomic E-state index is -0.451. The molecular formula is C16H16ClN5O. The first-order valence-electron chi connectivity index (χ1n) is 7.41. The van der Waals surface area contributed by atoms with Crippen LogP contribution in [-0.2, 0) is 0 Å². The molecule has 0 aliphatic carbocycles. The minimum Gasteiger partial charge on any atom is -0.391 e. The van der Waals surface area contributed by atoms with Crippen molar-refractivity contribution in [3.05, 3.63) is 28.3 Å². The zero-order chi connectivity index (χ0) is 16.7. The molecule has 2 heterocycles. The zero-order valence-electron chi connectivity index (χ0n) is 12.9. The molecule has 1 aromatic carbocycles. The van der Waals surface area contributed by atoms with Crippen molar-refractivity contribution in [1.29, 1.82) is 10.5 Å². The normalized spacial score (nSPS) is 27.9. The van der Waals surface area contributed by atoms with E-state index in [9.17, 15) is 5.11 Å². The summed E-state index contributed by atoms with van der Waals surface area (Å²) >= 11 is 6.28. The Bertz CT molecular complexity index is 763. The van der Waals surface area contributed by atoms with Crippen LogP contribution in [0.2, 0.25) is 5.02 Å². The third-order valence-electron chi connectivity index (χ3n) is 4.68. The van der Waals surface area contributed by atoms with Crippen molar-refractivity contribution in [1.82, 2.24) is 4.90 Å². The van der Waals surface area contributed by atoms with E-state index < -0.39 is 6.10 Å². The maximum atomic E-state index is 10.3. The van der Waals surface area contributed by atoms with Crippen LogP contribution in [0.5, 0.6) is 0 Å². The average molecular weight is 330 g/mol. The van der Waals surface area contributed by atoms with Crippen LogP contribution in [-0.4, -0.2) is 40.7 Å². The fourth-order valence-corrected chi connectivity index (χ4v) is 3.80. The van der Waals surface area contributed by atoms with E-state index in [-0.39, 0.29) is 12.1 Å². The first-order chi connectivity index (χ1) is 11.0. The molecule has 0 radical (unpaired) electrons. The van der Waals surface area contributed by atoms with Crippen molar-refractivity contribution in [3.63, 3.8) is 0 Å². The Kier molecular flexibility index (Phi) is 3.89. The molecule has 0 spiro atoms. The Balaban J connectivity index is 2.12. The largest absolute Gasteiger partial charge is 0.391 e. The number of anilines is 1. The van der Waals surface area contributed by atoms with Crippen molar-refractivity contribution >= 4 is 23.2 Å². The maximum Gasteiger partial charge on any atom is 0.217 e. The third kappa shape index (κ3) is 2.23. The zero-order valence-corrected chi connectivity index (χ0v) is 13.6. The Morgan fingerprint density at radius 1 is 1.39 bits per heavy atom. The van der Waals surface area contributed by atoms with E-state index in [0.717, 1.165) is 11.3 Å². The molecule has 1 aromatic rings. The number of aliphatic hydroxyl groups excluding tert-OH is 1. The van der Waals surface area contributed by atoms with Crippen LogP contribution in [0.1, 0.15) is 24.5 Å². The van der Waals surface area contributed by atoms with E-state index in [1.165, 1.54) is 0 Å². The molecule has 2 fully saturated rings. The van der Waals surface area contributed by atoms with Gasteiger partial charge in [0.2, 0.25) is 12.2 Å². The topological polar surface area (TPSA) is 86.7 Å². The quantitative estimate of drug-likeness (QED) is 0.796. The molecule has 118 valence electrons. The summed E-state index contributed by atoms with van der Waals surface area (Å²) in [7, 11) is 0. The second kappa shape index (κ2) is 5.73. The molecule has 2 saturated heterocycles. The van der Waals surface area contributed by atoms with Crippen LogP contribution in [0.4, 0.5) is 5.69 Å². The number of hydrogen-bond donors (Lipinski definition) is 1. The molecule has 2 aliphatic heterocycles.